The van der Waals surface area contributed by atoms with Gasteiger partial charge in [0.05, 0.1) is 18.3 Å². The van der Waals surface area contributed by atoms with Crippen LogP contribution in [0.25, 0.3) is 10.9 Å². The second-order valence-corrected chi connectivity index (χ2v) is 7.41. The Balaban J connectivity index is 1.59. The summed E-state index contributed by atoms with van der Waals surface area (Å²) in [5, 5.41) is 11.7. The number of halogens is 1. The Kier molecular flexibility index (Phi) is 5.97. The zero-order valence-corrected chi connectivity index (χ0v) is 16.7. The highest BCUT2D eigenvalue weighted by molar-refractivity contribution is 5.81. The molecule has 1 radical (unpaired) electrons. The molecule has 1 saturated heterocycles. The predicted octanol–water partition coefficient (Wildman–Crippen LogP) is 3.00. The van der Waals surface area contributed by atoms with E-state index in [0.29, 0.717) is 23.4 Å². The normalized spacial score (nSPS) is 17.2. The van der Waals surface area contributed by atoms with Crippen LogP contribution >= 0.6 is 0 Å². The Hall–Kier alpha value is -2.64. The van der Waals surface area contributed by atoms with E-state index in [-0.39, 0.29) is 18.0 Å². The molecular weight excluding hydrogens is 371 g/mol. The summed E-state index contributed by atoms with van der Waals surface area (Å²) in [7, 11) is 1.63. The van der Waals surface area contributed by atoms with E-state index in [9.17, 15) is 4.39 Å². The summed E-state index contributed by atoms with van der Waals surface area (Å²) in [4.78, 5) is 2.35. The van der Waals surface area contributed by atoms with E-state index in [4.69, 9.17) is 9.47 Å². The largest absolute Gasteiger partial charge is 0.493 e. The molecule has 3 aromatic rings. The van der Waals surface area contributed by atoms with Crippen LogP contribution in [0.5, 0.6) is 11.5 Å². The van der Waals surface area contributed by atoms with Crippen LogP contribution in [-0.4, -0.2) is 54.6 Å². The van der Waals surface area contributed by atoms with E-state index in [0.717, 1.165) is 37.3 Å². The summed E-state index contributed by atoms with van der Waals surface area (Å²) in [6, 6.07) is 13.3. The third-order valence-electron chi connectivity index (χ3n) is 5.37. The van der Waals surface area contributed by atoms with Crippen molar-refractivity contribution < 1.29 is 13.9 Å². The maximum atomic E-state index is 13.5. The van der Waals surface area contributed by atoms with E-state index >= 15 is 0 Å². The van der Waals surface area contributed by atoms with Gasteiger partial charge in [-0.2, -0.15) is 5.10 Å². The fourth-order valence-electron chi connectivity index (χ4n) is 3.88. The number of fused-ring (bicyclic) bond motifs is 1. The van der Waals surface area contributed by atoms with Crippen LogP contribution in [0.3, 0.4) is 0 Å². The van der Waals surface area contributed by atoms with Gasteiger partial charge in [-0.3, -0.25) is 10.00 Å². The summed E-state index contributed by atoms with van der Waals surface area (Å²) in [5.74, 6) is 1.26. The number of H-pyrrole nitrogens is 1. The summed E-state index contributed by atoms with van der Waals surface area (Å²) in [6.45, 7) is 5.83. The van der Waals surface area contributed by atoms with Crippen LogP contribution in [0, 0.1) is 17.8 Å². The molecule has 0 spiro atoms. The highest BCUT2D eigenvalue weighted by atomic mass is 19.1. The quantitative estimate of drug-likeness (QED) is 0.642. The van der Waals surface area contributed by atoms with E-state index in [1.165, 1.54) is 12.1 Å². The van der Waals surface area contributed by atoms with Crippen molar-refractivity contribution >= 4 is 10.9 Å². The van der Waals surface area contributed by atoms with Crippen LogP contribution in [0.4, 0.5) is 4.39 Å². The number of ether oxygens (including phenoxy) is 2. The van der Waals surface area contributed by atoms with Gasteiger partial charge in [-0.25, -0.2) is 4.39 Å². The molecule has 1 aromatic heterocycles. The number of methoxy groups -OCH3 is 1. The van der Waals surface area contributed by atoms with Gasteiger partial charge in [-0.1, -0.05) is 13.0 Å². The minimum absolute atomic E-state index is 0.138. The van der Waals surface area contributed by atoms with Crippen molar-refractivity contribution in [3.05, 3.63) is 54.0 Å². The third kappa shape index (κ3) is 4.36. The van der Waals surface area contributed by atoms with Gasteiger partial charge in [0.15, 0.2) is 17.7 Å². The average Bonchev–Trinajstić information content (AvgIpc) is 3.14. The van der Waals surface area contributed by atoms with Crippen molar-refractivity contribution in [2.24, 2.45) is 5.92 Å². The molecule has 6 nitrogen and oxygen atoms in total. The molecule has 7 heteroatoms. The van der Waals surface area contributed by atoms with E-state index < -0.39 is 0 Å². The number of hydrogen-bond donors (Lipinski definition) is 2. The molecule has 2 unspecified atom stereocenters. The predicted molar refractivity (Wildman–Crippen MR) is 110 cm³/mol. The molecule has 1 aliphatic rings. The molecule has 153 valence electrons. The van der Waals surface area contributed by atoms with Crippen LogP contribution in [-0.2, 0) is 6.42 Å². The van der Waals surface area contributed by atoms with Gasteiger partial charge in [0.25, 0.3) is 0 Å². The molecular formula is C22H26FN4O2. The van der Waals surface area contributed by atoms with Crippen LogP contribution in [0.2, 0.25) is 0 Å². The highest BCUT2D eigenvalue weighted by Crippen LogP contribution is 2.30. The molecule has 0 amide bonds. The topological polar surface area (TPSA) is 62.4 Å². The zero-order valence-electron chi connectivity index (χ0n) is 16.7. The van der Waals surface area contributed by atoms with Gasteiger partial charge >= 0.3 is 0 Å². The van der Waals surface area contributed by atoms with Crippen molar-refractivity contribution in [2.75, 3.05) is 33.3 Å². The fourth-order valence-corrected chi connectivity index (χ4v) is 3.88. The van der Waals surface area contributed by atoms with Crippen molar-refractivity contribution in [2.45, 2.75) is 19.6 Å². The molecule has 1 fully saturated rings. The van der Waals surface area contributed by atoms with Crippen molar-refractivity contribution in [3.63, 3.8) is 0 Å². The SMILES string of the molecule is COc1c[c]ccc1OC(C(C)Cc1n[nH]c2cc(F)ccc12)N1CCNCC1. The van der Waals surface area contributed by atoms with Crippen molar-refractivity contribution in [1.29, 1.82) is 0 Å². The fraction of sp³-hybridized carbons (Fsp3) is 0.409. The minimum Gasteiger partial charge on any atom is -0.493 e. The lowest BCUT2D eigenvalue weighted by Crippen LogP contribution is -2.53. The molecule has 1 aliphatic heterocycles. The first-order valence-corrected chi connectivity index (χ1v) is 9.93. The molecule has 2 N–H and O–H groups in total. The number of hydrogen-bond acceptors (Lipinski definition) is 5. The van der Waals surface area contributed by atoms with Crippen LogP contribution in [0.1, 0.15) is 12.6 Å². The van der Waals surface area contributed by atoms with Crippen LogP contribution < -0.4 is 14.8 Å². The number of aromatic amines is 1. The molecule has 2 atom stereocenters. The van der Waals surface area contributed by atoms with Gasteiger partial charge in [0.1, 0.15) is 5.82 Å². The van der Waals surface area contributed by atoms with Crippen LogP contribution in [0.15, 0.2) is 36.4 Å². The van der Waals surface area contributed by atoms with E-state index in [2.05, 4.69) is 33.4 Å². The molecule has 2 aromatic carbocycles. The van der Waals surface area contributed by atoms with Gasteiger partial charge in [-0.05, 0) is 42.8 Å². The van der Waals surface area contributed by atoms with Gasteiger partial charge < -0.3 is 14.8 Å². The second kappa shape index (κ2) is 8.80. The molecule has 0 bridgehead atoms. The van der Waals surface area contributed by atoms with Gasteiger partial charge in [0, 0.05) is 37.5 Å². The third-order valence-corrected chi connectivity index (χ3v) is 5.37. The number of aromatic nitrogens is 2. The smallest absolute Gasteiger partial charge is 0.163 e. The lowest BCUT2D eigenvalue weighted by Gasteiger charge is -2.38. The second-order valence-electron chi connectivity index (χ2n) is 7.41. The van der Waals surface area contributed by atoms with E-state index in [1.54, 1.807) is 19.2 Å². The number of nitrogens with one attached hydrogen (secondary N) is 2. The lowest BCUT2D eigenvalue weighted by atomic mass is 10.00. The van der Waals surface area contributed by atoms with Gasteiger partial charge in [0.2, 0.25) is 0 Å². The average molecular weight is 397 g/mol. The number of piperazine rings is 1. The molecule has 0 saturated carbocycles. The molecule has 29 heavy (non-hydrogen) atoms. The lowest BCUT2D eigenvalue weighted by molar-refractivity contribution is -0.0220. The Bertz CT molecular complexity index is 955. The summed E-state index contributed by atoms with van der Waals surface area (Å²) < 4.78 is 25.4. The Morgan fingerprint density at radius 2 is 2.07 bits per heavy atom. The standard InChI is InChI=1S/C22H26FN4O2/c1-15(13-18-17-8-7-16(23)14-19(17)26-25-18)22(27-11-9-24-10-12-27)29-21-6-4-3-5-20(21)28-2/h4-8,14-15,22,24H,9-13H2,1-2H3,(H,25,26). The maximum Gasteiger partial charge on any atom is 0.163 e. The summed E-state index contributed by atoms with van der Waals surface area (Å²) in [6.07, 6.45) is 0.571. The maximum absolute atomic E-state index is 13.5. The zero-order chi connectivity index (χ0) is 20.2. The molecule has 2 heterocycles. The van der Waals surface area contributed by atoms with E-state index in [1.807, 2.05) is 12.1 Å². The summed E-state index contributed by atoms with van der Waals surface area (Å²) in [5.41, 5.74) is 1.64. The number of benzene rings is 2. The molecule has 0 aliphatic carbocycles. The number of rotatable bonds is 7. The monoisotopic (exact) mass is 397 g/mol. The Labute approximate surface area is 170 Å². The first-order valence-electron chi connectivity index (χ1n) is 9.93. The van der Waals surface area contributed by atoms with Crippen molar-refractivity contribution in [3.8, 4) is 11.5 Å². The number of nitrogens with zero attached hydrogens (tertiary/aromatic N) is 2. The Morgan fingerprint density at radius 1 is 1.24 bits per heavy atom. The highest BCUT2D eigenvalue weighted by Gasteiger charge is 2.29. The summed E-state index contributed by atoms with van der Waals surface area (Å²) >= 11 is 0. The first-order chi connectivity index (χ1) is 14.2. The Morgan fingerprint density at radius 3 is 2.86 bits per heavy atom. The molecule has 4 rings (SSSR count). The van der Waals surface area contributed by atoms with Gasteiger partial charge in [-0.15, -0.1) is 0 Å². The minimum atomic E-state index is -0.268. The van der Waals surface area contributed by atoms with Crippen molar-refractivity contribution in [1.82, 2.24) is 20.4 Å². The first kappa shape index (κ1) is 19.7.